The number of pyridine rings is 1. The Morgan fingerprint density at radius 2 is 2.04 bits per heavy atom. The molecular weight excluding hydrogens is 340 g/mol. The van der Waals surface area contributed by atoms with Crippen LogP contribution in [0.15, 0.2) is 24.5 Å². The first-order chi connectivity index (χ1) is 13.2. The van der Waals surface area contributed by atoms with Gasteiger partial charge in [-0.15, -0.1) is 0 Å². The van der Waals surface area contributed by atoms with Gasteiger partial charge >= 0.3 is 0 Å². The maximum atomic E-state index is 5.78. The first kappa shape index (κ1) is 17.9. The van der Waals surface area contributed by atoms with E-state index >= 15 is 0 Å². The normalized spacial score (nSPS) is 17.1. The maximum Gasteiger partial charge on any atom is 0.164 e. The summed E-state index contributed by atoms with van der Waals surface area (Å²) in [6.45, 7) is 7.77. The van der Waals surface area contributed by atoms with Crippen molar-refractivity contribution in [3.05, 3.63) is 30.2 Å². The summed E-state index contributed by atoms with van der Waals surface area (Å²) in [5.74, 6) is 2.24. The van der Waals surface area contributed by atoms with Crippen molar-refractivity contribution in [1.29, 1.82) is 0 Å². The third kappa shape index (κ3) is 3.51. The van der Waals surface area contributed by atoms with Crippen LogP contribution in [0.3, 0.4) is 0 Å². The highest BCUT2D eigenvalue weighted by Crippen LogP contribution is 2.32. The molecule has 0 radical (unpaired) electrons. The molecule has 3 aromatic heterocycles. The number of hydrogen-bond donors (Lipinski definition) is 0. The van der Waals surface area contributed by atoms with Crippen molar-refractivity contribution in [2.24, 2.45) is 13.0 Å². The molecule has 0 spiro atoms. The van der Waals surface area contributed by atoms with E-state index in [9.17, 15) is 0 Å². The Balaban J connectivity index is 1.71. The zero-order valence-electron chi connectivity index (χ0n) is 16.2. The van der Waals surface area contributed by atoms with Crippen molar-refractivity contribution in [2.75, 3.05) is 31.2 Å². The first-order valence-corrected chi connectivity index (χ1v) is 9.61. The average Bonchev–Trinajstić information content (AvgIpc) is 3.27. The van der Waals surface area contributed by atoms with Gasteiger partial charge in [-0.1, -0.05) is 6.92 Å². The number of rotatable bonds is 6. The molecule has 0 saturated carbocycles. The lowest BCUT2D eigenvalue weighted by Gasteiger charge is -2.19. The fourth-order valence-corrected chi connectivity index (χ4v) is 3.73. The van der Waals surface area contributed by atoms with Gasteiger partial charge < -0.3 is 9.64 Å². The van der Waals surface area contributed by atoms with Gasteiger partial charge in [0.2, 0.25) is 0 Å². The number of ether oxygens (including phenoxy) is 1. The maximum absolute atomic E-state index is 5.78. The van der Waals surface area contributed by atoms with Crippen molar-refractivity contribution in [3.8, 4) is 11.4 Å². The number of fused-ring (bicyclic) bond motifs is 1. The Bertz CT molecular complexity index is 923. The van der Waals surface area contributed by atoms with Crippen LogP contribution in [0.2, 0.25) is 0 Å². The highest BCUT2D eigenvalue weighted by Gasteiger charge is 2.27. The molecule has 0 amide bonds. The van der Waals surface area contributed by atoms with Crippen LogP contribution < -0.4 is 4.90 Å². The van der Waals surface area contributed by atoms with E-state index in [-0.39, 0.29) is 0 Å². The highest BCUT2D eigenvalue weighted by molar-refractivity contribution is 5.91. The summed E-state index contributed by atoms with van der Waals surface area (Å²) in [6, 6.07) is 3.89. The van der Waals surface area contributed by atoms with E-state index < -0.39 is 0 Å². The van der Waals surface area contributed by atoms with E-state index in [4.69, 9.17) is 14.7 Å². The molecular formula is C20H26N6O. The number of aromatic nitrogens is 5. The lowest BCUT2D eigenvalue weighted by Crippen LogP contribution is -2.23. The van der Waals surface area contributed by atoms with E-state index in [1.54, 1.807) is 12.4 Å². The summed E-state index contributed by atoms with van der Waals surface area (Å²) in [6.07, 6.45) is 5.73. The minimum atomic E-state index is 0.544. The van der Waals surface area contributed by atoms with Gasteiger partial charge in [0.05, 0.1) is 17.7 Å². The zero-order valence-corrected chi connectivity index (χ0v) is 16.2. The molecule has 3 aromatic rings. The Morgan fingerprint density at radius 1 is 1.22 bits per heavy atom. The van der Waals surface area contributed by atoms with Crippen LogP contribution in [0.1, 0.15) is 25.5 Å². The minimum absolute atomic E-state index is 0.544. The standard InChI is InChI=1S/C20H26N6O/c1-4-11-27-13-15-7-10-26(12-15)20-17-14(2)24-25(3)19(17)22-18(23-20)16-5-8-21-9-6-16/h5-6,8-9,15H,4,7,10-13H2,1-3H3/t15-/m0/s1. The summed E-state index contributed by atoms with van der Waals surface area (Å²) in [5, 5.41) is 5.63. The molecule has 0 aromatic carbocycles. The molecule has 0 aliphatic carbocycles. The van der Waals surface area contributed by atoms with Crippen molar-refractivity contribution >= 4 is 16.9 Å². The van der Waals surface area contributed by atoms with Crippen molar-refractivity contribution in [1.82, 2.24) is 24.7 Å². The molecule has 7 nitrogen and oxygen atoms in total. The number of anilines is 1. The minimum Gasteiger partial charge on any atom is -0.381 e. The summed E-state index contributed by atoms with van der Waals surface area (Å²) in [5.41, 5.74) is 2.80. The summed E-state index contributed by atoms with van der Waals surface area (Å²) < 4.78 is 7.62. The molecule has 0 unspecified atom stereocenters. The number of nitrogens with zero attached hydrogens (tertiary/aromatic N) is 6. The third-order valence-electron chi connectivity index (χ3n) is 5.07. The summed E-state index contributed by atoms with van der Waals surface area (Å²) in [7, 11) is 1.94. The lowest BCUT2D eigenvalue weighted by atomic mass is 10.1. The largest absolute Gasteiger partial charge is 0.381 e. The number of aryl methyl sites for hydroxylation is 2. The van der Waals surface area contributed by atoms with Gasteiger partial charge in [0.15, 0.2) is 11.5 Å². The smallest absolute Gasteiger partial charge is 0.164 e. The van der Waals surface area contributed by atoms with Gasteiger partial charge in [-0.2, -0.15) is 5.10 Å². The molecule has 0 bridgehead atoms. The van der Waals surface area contributed by atoms with E-state index in [0.717, 1.165) is 67.3 Å². The molecule has 1 atom stereocenters. The van der Waals surface area contributed by atoms with Gasteiger partial charge in [-0.25, -0.2) is 9.97 Å². The third-order valence-corrected chi connectivity index (χ3v) is 5.07. The van der Waals surface area contributed by atoms with Crippen LogP contribution in [-0.2, 0) is 11.8 Å². The monoisotopic (exact) mass is 366 g/mol. The molecule has 1 saturated heterocycles. The Kier molecular flexibility index (Phi) is 5.03. The average molecular weight is 366 g/mol. The van der Waals surface area contributed by atoms with E-state index in [0.29, 0.717) is 11.7 Å². The predicted molar refractivity (Wildman–Crippen MR) is 106 cm³/mol. The molecule has 0 N–H and O–H groups in total. The Hall–Kier alpha value is -2.54. The van der Waals surface area contributed by atoms with Crippen LogP contribution in [0.25, 0.3) is 22.4 Å². The van der Waals surface area contributed by atoms with Gasteiger partial charge in [0, 0.05) is 50.6 Å². The molecule has 4 heterocycles. The quantitative estimate of drug-likeness (QED) is 0.625. The van der Waals surface area contributed by atoms with Crippen LogP contribution in [-0.4, -0.2) is 51.0 Å². The van der Waals surface area contributed by atoms with Crippen LogP contribution in [0.4, 0.5) is 5.82 Å². The molecule has 142 valence electrons. The van der Waals surface area contributed by atoms with Crippen molar-refractivity contribution in [3.63, 3.8) is 0 Å². The van der Waals surface area contributed by atoms with Gasteiger partial charge in [0.25, 0.3) is 0 Å². The Morgan fingerprint density at radius 3 is 2.81 bits per heavy atom. The van der Waals surface area contributed by atoms with Gasteiger partial charge in [-0.3, -0.25) is 9.67 Å². The van der Waals surface area contributed by atoms with Crippen molar-refractivity contribution < 1.29 is 4.74 Å². The zero-order chi connectivity index (χ0) is 18.8. The van der Waals surface area contributed by atoms with E-state index in [1.807, 2.05) is 30.8 Å². The van der Waals surface area contributed by atoms with E-state index in [2.05, 4.69) is 21.9 Å². The fraction of sp³-hybridized carbons (Fsp3) is 0.500. The molecule has 1 fully saturated rings. The SMILES string of the molecule is CCCOC[C@H]1CCN(c2nc(-c3ccncc3)nc3c2c(C)nn3C)C1. The molecule has 1 aliphatic rings. The second-order valence-electron chi connectivity index (χ2n) is 7.19. The predicted octanol–water partition coefficient (Wildman–Crippen LogP) is 2.99. The number of hydrogen-bond acceptors (Lipinski definition) is 6. The first-order valence-electron chi connectivity index (χ1n) is 9.61. The van der Waals surface area contributed by atoms with Crippen LogP contribution >= 0.6 is 0 Å². The highest BCUT2D eigenvalue weighted by atomic mass is 16.5. The molecule has 7 heteroatoms. The molecule has 4 rings (SSSR count). The topological polar surface area (TPSA) is 69.0 Å². The van der Waals surface area contributed by atoms with Gasteiger partial charge in [0.1, 0.15) is 5.82 Å². The summed E-state index contributed by atoms with van der Waals surface area (Å²) in [4.78, 5) is 16.2. The second kappa shape index (κ2) is 7.60. The van der Waals surface area contributed by atoms with Crippen LogP contribution in [0.5, 0.6) is 0 Å². The lowest BCUT2D eigenvalue weighted by molar-refractivity contribution is 0.106. The fourth-order valence-electron chi connectivity index (χ4n) is 3.73. The Labute approximate surface area is 159 Å². The van der Waals surface area contributed by atoms with Crippen LogP contribution in [0, 0.1) is 12.8 Å². The second-order valence-corrected chi connectivity index (χ2v) is 7.19. The van der Waals surface area contributed by atoms with E-state index in [1.165, 1.54) is 0 Å². The molecule has 1 aliphatic heterocycles. The summed E-state index contributed by atoms with van der Waals surface area (Å²) >= 11 is 0. The van der Waals surface area contributed by atoms with Gasteiger partial charge in [-0.05, 0) is 31.9 Å². The van der Waals surface area contributed by atoms with Crippen molar-refractivity contribution in [2.45, 2.75) is 26.7 Å². The molecule has 27 heavy (non-hydrogen) atoms.